The van der Waals surface area contributed by atoms with Crippen LogP contribution in [0.25, 0.3) is 0 Å². The molecule has 72 valence electrons. The van der Waals surface area contributed by atoms with Gasteiger partial charge in [-0.2, -0.15) is 0 Å². The zero-order valence-electron chi connectivity index (χ0n) is 7.28. The lowest BCUT2D eigenvalue weighted by Gasteiger charge is -2.11. The van der Waals surface area contributed by atoms with Crippen LogP contribution in [0.15, 0.2) is 0 Å². The molecule has 0 fully saturated rings. The summed E-state index contributed by atoms with van der Waals surface area (Å²) in [4.78, 5) is 3.81. The second-order valence-electron chi connectivity index (χ2n) is 2.70. The number of aromatic hydroxyl groups is 1. The number of anilines is 1. The molecule has 5 nitrogen and oxygen atoms in total. The number of pyridine rings is 1. The zero-order valence-corrected chi connectivity index (χ0v) is 7.28. The van der Waals surface area contributed by atoms with Gasteiger partial charge in [0.05, 0.1) is 18.9 Å². The molecule has 0 aliphatic carbocycles. The second kappa shape index (κ2) is 3.59. The van der Waals surface area contributed by atoms with Crippen LogP contribution < -0.4 is 5.73 Å². The van der Waals surface area contributed by atoms with Crippen molar-refractivity contribution in [2.75, 3.05) is 5.73 Å². The topological polar surface area (TPSA) is 99.6 Å². The molecule has 5 N–H and O–H groups in total. The van der Waals surface area contributed by atoms with E-state index in [2.05, 4.69) is 4.98 Å². The largest absolute Gasteiger partial charge is 0.506 e. The Balaban J connectivity index is 3.41. The Bertz CT molecular complexity index is 326. The molecule has 0 radical (unpaired) electrons. The van der Waals surface area contributed by atoms with Crippen LogP contribution in [0.1, 0.15) is 16.8 Å². The van der Waals surface area contributed by atoms with Crippen LogP contribution in [-0.4, -0.2) is 20.3 Å². The molecular formula is C8H12N2O3. The molecule has 1 aromatic rings. The van der Waals surface area contributed by atoms with Gasteiger partial charge in [-0.05, 0) is 6.92 Å². The van der Waals surface area contributed by atoms with E-state index in [1.807, 2.05) is 0 Å². The predicted molar refractivity (Wildman–Crippen MR) is 46.9 cm³/mol. The first-order chi connectivity index (χ1) is 6.11. The Labute approximate surface area is 75.5 Å². The van der Waals surface area contributed by atoms with E-state index in [0.29, 0.717) is 5.69 Å². The number of aliphatic hydroxyl groups excluding tert-OH is 2. The van der Waals surface area contributed by atoms with E-state index in [4.69, 9.17) is 15.9 Å². The lowest BCUT2D eigenvalue weighted by atomic mass is 10.1. The smallest absolute Gasteiger partial charge is 0.142 e. The lowest BCUT2D eigenvalue weighted by molar-refractivity contribution is 0.254. The highest BCUT2D eigenvalue weighted by molar-refractivity contribution is 5.52. The van der Waals surface area contributed by atoms with Crippen molar-refractivity contribution in [3.63, 3.8) is 0 Å². The minimum Gasteiger partial charge on any atom is -0.506 e. The first-order valence-corrected chi connectivity index (χ1v) is 3.80. The number of hydrogen-bond donors (Lipinski definition) is 4. The first-order valence-electron chi connectivity index (χ1n) is 3.80. The van der Waals surface area contributed by atoms with Gasteiger partial charge < -0.3 is 21.1 Å². The Morgan fingerprint density at radius 1 is 1.23 bits per heavy atom. The van der Waals surface area contributed by atoms with Gasteiger partial charge in [-0.15, -0.1) is 0 Å². The number of aryl methyl sites for hydroxylation is 1. The summed E-state index contributed by atoms with van der Waals surface area (Å²) in [7, 11) is 0. The molecular weight excluding hydrogens is 172 g/mol. The molecule has 1 aromatic heterocycles. The Hall–Kier alpha value is -1.33. The fourth-order valence-corrected chi connectivity index (χ4v) is 1.16. The number of nitrogens with two attached hydrogens (primary N) is 1. The van der Waals surface area contributed by atoms with Crippen molar-refractivity contribution in [2.45, 2.75) is 20.1 Å². The number of rotatable bonds is 2. The van der Waals surface area contributed by atoms with Crippen LogP contribution in [0.4, 0.5) is 5.82 Å². The van der Waals surface area contributed by atoms with Gasteiger partial charge in [0.2, 0.25) is 0 Å². The molecule has 0 spiro atoms. The maximum atomic E-state index is 9.44. The van der Waals surface area contributed by atoms with E-state index >= 15 is 0 Å². The third-order valence-electron chi connectivity index (χ3n) is 1.91. The molecule has 0 atom stereocenters. The molecule has 0 saturated carbocycles. The maximum Gasteiger partial charge on any atom is 0.142 e. The molecule has 13 heavy (non-hydrogen) atoms. The van der Waals surface area contributed by atoms with Crippen LogP contribution in [0.3, 0.4) is 0 Å². The third-order valence-corrected chi connectivity index (χ3v) is 1.91. The molecule has 0 aliphatic heterocycles. The first kappa shape index (κ1) is 9.76. The minimum atomic E-state index is -0.366. The summed E-state index contributed by atoms with van der Waals surface area (Å²) in [5.74, 6) is 0.0302. The van der Waals surface area contributed by atoms with E-state index in [9.17, 15) is 5.11 Å². The standard InChI is InChI=1S/C8H12N2O3/c1-4-7(13)5(2-11)6(3-12)8(9)10-4/h11-13H,2-3H2,1H3,(H2,9,10). The summed E-state index contributed by atoms with van der Waals surface area (Å²) in [6, 6.07) is 0. The molecule has 0 amide bonds. The van der Waals surface area contributed by atoms with E-state index < -0.39 is 0 Å². The normalized spacial score (nSPS) is 10.4. The van der Waals surface area contributed by atoms with Gasteiger partial charge in [-0.3, -0.25) is 0 Å². The van der Waals surface area contributed by atoms with Crippen LogP contribution in [0.2, 0.25) is 0 Å². The molecule has 0 bridgehead atoms. The fraction of sp³-hybridized carbons (Fsp3) is 0.375. The number of hydrogen-bond acceptors (Lipinski definition) is 5. The van der Waals surface area contributed by atoms with Crippen molar-refractivity contribution >= 4 is 5.82 Å². The average Bonchev–Trinajstić information content (AvgIpc) is 2.10. The highest BCUT2D eigenvalue weighted by Crippen LogP contribution is 2.27. The van der Waals surface area contributed by atoms with Gasteiger partial charge in [0.1, 0.15) is 11.6 Å². The van der Waals surface area contributed by atoms with Crippen molar-refractivity contribution in [3.05, 3.63) is 16.8 Å². The van der Waals surface area contributed by atoms with Crippen LogP contribution in [-0.2, 0) is 13.2 Å². The van der Waals surface area contributed by atoms with Gasteiger partial charge >= 0.3 is 0 Å². The summed E-state index contributed by atoms with van der Waals surface area (Å²) >= 11 is 0. The molecule has 0 unspecified atom stereocenters. The average molecular weight is 184 g/mol. The molecule has 1 rings (SSSR count). The molecule has 1 heterocycles. The number of nitrogen functional groups attached to an aromatic ring is 1. The SMILES string of the molecule is Cc1nc(N)c(CO)c(CO)c1O. The fourth-order valence-electron chi connectivity index (χ4n) is 1.16. The number of nitrogens with zero attached hydrogens (tertiary/aromatic N) is 1. The number of aliphatic hydroxyl groups is 2. The predicted octanol–water partition coefficient (Wildman–Crippen LogP) is -0.338. The third kappa shape index (κ3) is 1.56. The van der Waals surface area contributed by atoms with Gasteiger partial charge in [-0.25, -0.2) is 4.98 Å². The molecule has 5 heteroatoms. The summed E-state index contributed by atoms with van der Waals surface area (Å²) in [6.07, 6.45) is 0. The summed E-state index contributed by atoms with van der Waals surface area (Å²) in [5.41, 5.74) is 6.36. The Morgan fingerprint density at radius 3 is 2.23 bits per heavy atom. The lowest BCUT2D eigenvalue weighted by Crippen LogP contribution is -2.05. The van der Waals surface area contributed by atoms with Gasteiger partial charge in [-0.1, -0.05) is 0 Å². The molecule has 0 saturated heterocycles. The highest BCUT2D eigenvalue weighted by atomic mass is 16.3. The van der Waals surface area contributed by atoms with Crippen molar-refractivity contribution < 1.29 is 15.3 Å². The van der Waals surface area contributed by atoms with Crippen molar-refractivity contribution in [3.8, 4) is 5.75 Å². The van der Waals surface area contributed by atoms with Crippen molar-refractivity contribution in [2.24, 2.45) is 0 Å². The van der Waals surface area contributed by atoms with E-state index in [0.717, 1.165) is 0 Å². The van der Waals surface area contributed by atoms with Crippen LogP contribution in [0.5, 0.6) is 5.75 Å². The Morgan fingerprint density at radius 2 is 1.77 bits per heavy atom. The second-order valence-corrected chi connectivity index (χ2v) is 2.70. The van der Waals surface area contributed by atoms with E-state index in [1.165, 1.54) is 0 Å². The monoisotopic (exact) mass is 184 g/mol. The van der Waals surface area contributed by atoms with Crippen LogP contribution >= 0.6 is 0 Å². The van der Waals surface area contributed by atoms with Crippen molar-refractivity contribution in [1.29, 1.82) is 0 Å². The van der Waals surface area contributed by atoms with Gasteiger partial charge in [0, 0.05) is 11.1 Å². The summed E-state index contributed by atoms with van der Waals surface area (Å²) < 4.78 is 0. The van der Waals surface area contributed by atoms with E-state index in [1.54, 1.807) is 6.92 Å². The molecule has 0 aliphatic rings. The maximum absolute atomic E-state index is 9.44. The quantitative estimate of drug-likeness (QED) is 0.504. The van der Waals surface area contributed by atoms with E-state index in [-0.39, 0.29) is 35.9 Å². The van der Waals surface area contributed by atoms with Crippen molar-refractivity contribution in [1.82, 2.24) is 4.98 Å². The number of aromatic nitrogens is 1. The van der Waals surface area contributed by atoms with Gasteiger partial charge in [0.25, 0.3) is 0 Å². The van der Waals surface area contributed by atoms with Gasteiger partial charge in [0.15, 0.2) is 0 Å². The zero-order chi connectivity index (χ0) is 10.0. The Kier molecular flexibility index (Phi) is 2.69. The summed E-state index contributed by atoms with van der Waals surface area (Å²) in [6.45, 7) is 0.865. The minimum absolute atomic E-state index is 0.110. The highest BCUT2D eigenvalue weighted by Gasteiger charge is 2.13. The molecule has 0 aromatic carbocycles. The summed E-state index contributed by atoms with van der Waals surface area (Å²) in [5, 5.41) is 27.3. The van der Waals surface area contributed by atoms with Crippen LogP contribution in [0, 0.1) is 6.92 Å².